The molecule has 0 radical (unpaired) electrons. The molecule has 1 N–H and O–H groups in total. The van der Waals surface area contributed by atoms with Crippen molar-refractivity contribution in [1.29, 1.82) is 0 Å². The summed E-state index contributed by atoms with van der Waals surface area (Å²) in [5.74, 6) is 0.842. The number of benzene rings is 1. The van der Waals surface area contributed by atoms with Gasteiger partial charge in [0, 0.05) is 11.1 Å². The average Bonchev–Trinajstić information content (AvgIpc) is 2.29. The molecule has 0 atom stereocenters. The molecule has 112 valence electrons. The number of hydrogen-bond acceptors (Lipinski definition) is 2. The minimum atomic E-state index is -0.391. The lowest BCUT2D eigenvalue weighted by atomic mass is 9.95. The molecule has 1 rings (SSSR count). The van der Waals surface area contributed by atoms with Gasteiger partial charge in [0.1, 0.15) is 11.4 Å². The molecule has 0 saturated heterocycles. The van der Waals surface area contributed by atoms with Crippen LogP contribution in [0.4, 0.5) is 5.69 Å². The van der Waals surface area contributed by atoms with Crippen LogP contribution in [-0.2, 0) is 4.79 Å². The summed E-state index contributed by atoms with van der Waals surface area (Å²) in [6, 6.07) is 7.55. The lowest BCUT2D eigenvalue weighted by molar-refractivity contribution is -0.123. The molecular formula is C17H27NO2. The molecule has 0 aliphatic carbocycles. The van der Waals surface area contributed by atoms with Crippen LogP contribution in [0.25, 0.3) is 0 Å². The van der Waals surface area contributed by atoms with Crippen molar-refractivity contribution in [2.75, 3.05) is 5.32 Å². The molecule has 0 unspecified atom stereocenters. The van der Waals surface area contributed by atoms with Crippen LogP contribution in [0.5, 0.6) is 5.75 Å². The Morgan fingerprint density at radius 3 is 2.10 bits per heavy atom. The molecule has 0 spiro atoms. The number of anilines is 1. The Labute approximate surface area is 122 Å². The van der Waals surface area contributed by atoms with E-state index in [1.165, 1.54) is 0 Å². The largest absolute Gasteiger partial charge is 0.488 e. The van der Waals surface area contributed by atoms with Crippen molar-refractivity contribution in [3.63, 3.8) is 0 Å². The van der Waals surface area contributed by atoms with Crippen LogP contribution in [0, 0.1) is 5.41 Å². The summed E-state index contributed by atoms with van der Waals surface area (Å²) < 4.78 is 5.96. The van der Waals surface area contributed by atoms with Gasteiger partial charge in [-0.05, 0) is 44.5 Å². The molecule has 0 saturated carbocycles. The van der Waals surface area contributed by atoms with E-state index in [0.29, 0.717) is 0 Å². The molecule has 0 aliphatic heterocycles. The van der Waals surface area contributed by atoms with Gasteiger partial charge in [0.15, 0.2) is 0 Å². The fourth-order valence-electron chi connectivity index (χ4n) is 1.90. The third kappa shape index (κ3) is 5.24. The van der Waals surface area contributed by atoms with Gasteiger partial charge in [-0.2, -0.15) is 0 Å². The second-order valence-corrected chi connectivity index (χ2v) is 6.84. The van der Waals surface area contributed by atoms with Gasteiger partial charge in [-0.1, -0.05) is 34.1 Å². The summed E-state index contributed by atoms with van der Waals surface area (Å²) in [6.07, 6.45) is 2.10. The molecule has 0 aromatic heterocycles. The molecule has 0 aliphatic rings. The van der Waals surface area contributed by atoms with Gasteiger partial charge < -0.3 is 10.1 Å². The van der Waals surface area contributed by atoms with Crippen LogP contribution in [0.2, 0.25) is 0 Å². The Morgan fingerprint density at radius 2 is 1.65 bits per heavy atom. The number of nitrogens with one attached hydrogen (secondary N) is 1. The van der Waals surface area contributed by atoms with Gasteiger partial charge in [0.2, 0.25) is 5.91 Å². The van der Waals surface area contributed by atoms with Gasteiger partial charge in [0.25, 0.3) is 0 Å². The monoisotopic (exact) mass is 277 g/mol. The van der Waals surface area contributed by atoms with Crippen LogP contribution in [-0.4, -0.2) is 11.5 Å². The van der Waals surface area contributed by atoms with Crippen molar-refractivity contribution in [1.82, 2.24) is 0 Å². The topological polar surface area (TPSA) is 38.3 Å². The summed E-state index contributed by atoms with van der Waals surface area (Å²) in [7, 11) is 0. The normalized spacial score (nSPS) is 12.1. The van der Waals surface area contributed by atoms with Gasteiger partial charge in [-0.3, -0.25) is 4.79 Å². The van der Waals surface area contributed by atoms with Crippen molar-refractivity contribution in [3.05, 3.63) is 24.3 Å². The van der Waals surface area contributed by atoms with Crippen LogP contribution in [0.1, 0.15) is 54.4 Å². The van der Waals surface area contributed by atoms with E-state index in [1.807, 2.05) is 45.0 Å². The van der Waals surface area contributed by atoms with Crippen LogP contribution in [0.15, 0.2) is 24.3 Å². The van der Waals surface area contributed by atoms with E-state index >= 15 is 0 Å². The maximum atomic E-state index is 11.9. The highest BCUT2D eigenvalue weighted by molar-refractivity contribution is 5.94. The molecular weight excluding hydrogens is 250 g/mol. The first-order chi connectivity index (χ1) is 9.14. The van der Waals surface area contributed by atoms with Crippen molar-refractivity contribution in [2.45, 2.75) is 60.0 Å². The highest BCUT2D eigenvalue weighted by Gasteiger charge is 2.21. The third-order valence-corrected chi connectivity index (χ3v) is 3.04. The standard InChI is InChI=1S/C17H27NO2/c1-7-12-17(5,6)20-14-10-8-13(9-11-14)18-15(19)16(2,3)4/h8-11H,7,12H2,1-6H3,(H,18,19). The highest BCUT2D eigenvalue weighted by atomic mass is 16.5. The van der Waals surface area contributed by atoms with Gasteiger partial charge in [-0.15, -0.1) is 0 Å². The fourth-order valence-corrected chi connectivity index (χ4v) is 1.90. The number of amides is 1. The SMILES string of the molecule is CCCC(C)(C)Oc1ccc(NC(=O)C(C)(C)C)cc1. The molecule has 1 aromatic carbocycles. The van der Waals surface area contributed by atoms with Gasteiger partial charge in [-0.25, -0.2) is 0 Å². The molecule has 0 fully saturated rings. The molecule has 3 nitrogen and oxygen atoms in total. The zero-order chi connectivity index (χ0) is 15.4. The van der Waals surface area contributed by atoms with E-state index in [2.05, 4.69) is 26.1 Å². The summed E-state index contributed by atoms with van der Waals surface area (Å²) >= 11 is 0. The number of carbonyl (C=O) groups is 1. The molecule has 0 bridgehead atoms. The van der Waals surface area contributed by atoms with Crippen molar-refractivity contribution in [2.24, 2.45) is 5.41 Å². The van der Waals surface area contributed by atoms with Crippen LogP contribution >= 0.6 is 0 Å². The van der Waals surface area contributed by atoms with E-state index in [4.69, 9.17) is 4.74 Å². The minimum Gasteiger partial charge on any atom is -0.488 e. The molecule has 0 heterocycles. The quantitative estimate of drug-likeness (QED) is 0.852. The lowest BCUT2D eigenvalue weighted by Crippen LogP contribution is -2.28. The first-order valence-corrected chi connectivity index (χ1v) is 7.24. The molecule has 1 amide bonds. The molecule has 1 aromatic rings. The Balaban J connectivity index is 2.68. The second-order valence-electron chi connectivity index (χ2n) is 6.84. The number of hydrogen-bond donors (Lipinski definition) is 1. The Morgan fingerprint density at radius 1 is 1.10 bits per heavy atom. The third-order valence-electron chi connectivity index (χ3n) is 3.04. The smallest absolute Gasteiger partial charge is 0.229 e. The number of ether oxygens (including phenoxy) is 1. The highest BCUT2D eigenvalue weighted by Crippen LogP contribution is 2.24. The molecule has 20 heavy (non-hydrogen) atoms. The first-order valence-electron chi connectivity index (χ1n) is 7.24. The summed E-state index contributed by atoms with van der Waals surface area (Å²) in [6.45, 7) is 12.0. The first kappa shape index (κ1) is 16.5. The summed E-state index contributed by atoms with van der Waals surface area (Å²) in [4.78, 5) is 11.9. The van der Waals surface area contributed by atoms with E-state index in [9.17, 15) is 4.79 Å². The maximum Gasteiger partial charge on any atom is 0.229 e. The van der Waals surface area contributed by atoms with E-state index in [0.717, 1.165) is 24.3 Å². The summed E-state index contributed by atoms with van der Waals surface area (Å²) in [5, 5.41) is 2.90. The van der Waals surface area contributed by atoms with Crippen molar-refractivity contribution in [3.8, 4) is 5.75 Å². The number of carbonyl (C=O) groups excluding carboxylic acids is 1. The lowest BCUT2D eigenvalue weighted by Gasteiger charge is -2.26. The number of rotatable bonds is 5. The minimum absolute atomic E-state index is 0.0116. The van der Waals surface area contributed by atoms with Crippen molar-refractivity contribution < 1.29 is 9.53 Å². The fraction of sp³-hybridized carbons (Fsp3) is 0.588. The van der Waals surface area contributed by atoms with E-state index in [1.54, 1.807) is 0 Å². The van der Waals surface area contributed by atoms with Gasteiger partial charge in [0.05, 0.1) is 0 Å². The van der Waals surface area contributed by atoms with Crippen LogP contribution in [0.3, 0.4) is 0 Å². The zero-order valence-corrected chi connectivity index (χ0v) is 13.5. The Hall–Kier alpha value is -1.51. The van der Waals surface area contributed by atoms with E-state index in [-0.39, 0.29) is 11.5 Å². The average molecular weight is 277 g/mol. The molecule has 3 heteroatoms. The summed E-state index contributed by atoms with van der Waals surface area (Å²) in [5.41, 5.74) is 0.244. The van der Waals surface area contributed by atoms with E-state index < -0.39 is 5.41 Å². The van der Waals surface area contributed by atoms with Gasteiger partial charge >= 0.3 is 0 Å². The Kier molecular flexibility index (Phi) is 5.21. The second kappa shape index (κ2) is 6.29. The maximum absolute atomic E-state index is 11.9. The zero-order valence-electron chi connectivity index (χ0n) is 13.5. The predicted octanol–water partition coefficient (Wildman–Crippen LogP) is 4.63. The predicted molar refractivity (Wildman–Crippen MR) is 84.1 cm³/mol. The van der Waals surface area contributed by atoms with Crippen molar-refractivity contribution >= 4 is 11.6 Å². The van der Waals surface area contributed by atoms with Crippen LogP contribution < -0.4 is 10.1 Å². The Bertz CT molecular complexity index is 441.